The molecule has 5 N–H and O–H groups in total. The van der Waals surface area contributed by atoms with E-state index in [0.29, 0.717) is 28.6 Å². The molecule has 0 bridgehead atoms. The van der Waals surface area contributed by atoms with Gasteiger partial charge in [-0.05, 0) is 31.9 Å². The minimum Gasteiger partial charge on any atom is -0.466 e. The van der Waals surface area contributed by atoms with Gasteiger partial charge >= 0.3 is 5.97 Å². The van der Waals surface area contributed by atoms with E-state index >= 15 is 0 Å². The molecule has 9 nitrogen and oxygen atoms in total. The Balaban J connectivity index is 1.97. The number of aromatic nitrogens is 1. The number of guanidine groups is 1. The molecule has 1 heterocycles. The maximum Gasteiger partial charge on any atom is 0.310 e. The molecule has 30 heavy (non-hydrogen) atoms. The molecule has 1 saturated carbocycles. The fourth-order valence-corrected chi connectivity index (χ4v) is 5.17. The van der Waals surface area contributed by atoms with Crippen molar-refractivity contribution in [1.29, 1.82) is 0 Å². The van der Waals surface area contributed by atoms with Crippen molar-refractivity contribution in [2.45, 2.75) is 43.5 Å². The summed E-state index contributed by atoms with van der Waals surface area (Å²) in [5, 5.41) is 1.29. The summed E-state index contributed by atoms with van der Waals surface area (Å²) in [6.45, 7) is 1.98. The summed E-state index contributed by atoms with van der Waals surface area (Å²) >= 11 is 6.18. The van der Waals surface area contributed by atoms with Crippen LogP contribution in [0.1, 0.15) is 32.6 Å². The van der Waals surface area contributed by atoms with Crippen molar-refractivity contribution in [2.24, 2.45) is 22.4 Å². The number of ether oxygens (including phenoxy) is 1. The molecule has 0 unspecified atom stereocenters. The van der Waals surface area contributed by atoms with Gasteiger partial charge in [0.15, 0.2) is 11.8 Å². The predicted molar refractivity (Wildman–Crippen MR) is 115 cm³/mol. The Morgan fingerprint density at radius 3 is 2.73 bits per heavy atom. The molecule has 3 rings (SSSR count). The van der Waals surface area contributed by atoms with Crippen LogP contribution >= 0.6 is 11.6 Å². The van der Waals surface area contributed by atoms with Crippen LogP contribution < -0.4 is 16.2 Å². The fraction of sp³-hybridized carbons (Fsp3) is 0.421. The zero-order valence-corrected chi connectivity index (χ0v) is 18.0. The Labute approximate surface area is 179 Å². The van der Waals surface area contributed by atoms with Gasteiger partial charge in [-0.2, -0.15) is 4.99 Å². The third-order valence-corrected chi connectivity index (χ3v) is 6.79. The lowest BCUT2D eigenvalue weighted by atomic mass is 9.85. The van der Waals surface area contributed by atoms with Crippen molar-refractivity contribution in [1.82, 2.24) is 9.71 Å². The van der Waals surface area contributed by atoms with Gasteiger partial charge < -0.3 is 16.2 Å². The number of nitrogens with zero attached hydrogens (tertiary/aromatic N) is 2. The van der Waals surface area contributed by atoms with Crippen LogP contribution in [-0.4, -0.2) is 38.0 Å². The molecular formula is C19H24ClN5O4S. The third kappa shape index (κ3) is 4.82. The van der Waals surface area contributed by atoms with E-state index < -0.39 is 22.0 Å². The zero-order chi connectivity index (χ0) is 21.9. The summed E-state index contributed by atoms with van der Waals surface area (Å²) in [6, 6.07) is 3.90. The number of benzene rings is 1. The van der Waals surface area contributed by atoms with Crippen molar-refractivity contribution in [2.75, 3.05) is 6.61 Å². The molecule has 1 aliphatic rings. The van der Waals surface area contributed by atoms with Crippen LogP contribution in [0.15, 0.2) is 34.3 Å². The smallest absolute Gasteiger partial charge is 0.310 e. The lowest BCUT2D eigenvalue weighted by Gasteiger charge is -2.30. The number of nitrogens with one attached hydrogen (secondary N) is 1. The number of pyridine rings is 1. The average molecular weight is 454 g/mol. The van der Waals surface area contributed by atoms with Gasteiger partial charge in [-0.1, -0.05) is 30.5 Å². The number of aliphatic imine (C=N–C) groups is 1. The second-order valence-corrected chi connectivity index (χ2v) is 9.17. The second-order valence-electron chi connectivity index (χ2n) is 7.04. The van der Waals surface area contributed by atoms with Crippen LogP contribution in [0.3, 0.4) is 0 Å². The number of fused-ring (bicyclic) bond motifs is 1. The number of carbonyl (C=O) groups is 1. The molecule has 2 atom stereocenters. The summed E-state index contributed by atoms with van der Waals surface area (Å²) in [5.74, 6) is -0.942. The lowest BCUT2D eigenvalue weighted by Crippen LogP contribution is -2.45. The van der Waals surface area contributed by atoms with Gasteiger partial charge in [-0.25, -0.2) is 18.1 Å². The molecule has 1 fully saturated rings. The van der Waals surface area contributed by atoms with Gasteiger partial charge in [0, 0.05) is 23.0 Å². The van der Waals surface area contributed by atoms with Crippen LogP contribution in [0.5, 0.6) is 0 Å². The second kappa shape index (κ2) is 9.15. The Morgan fingerprint density at radius 1 is 1.30 bits per heavy atom. The van der Waals surface area contributed by atoms with Gasteiger partial charge in [0.25, 0.3) is 0 Å². The fourth-order valence-electron chi connectivity index (χ4n) is 3.62. The molecule has 162 valence electrons. The van der Waals surface area contributed by atoms with Crippen molar-refractivity contribution >= 4 is 50.1 Å². The average Bonchev–Trinajstić information content (AvgIpc) is 2.70. The topological polar surface area (TPSA) is 150 Å². The third-order valence-electron chi connectivity index (χ3n) is 5.00. The quantitative estimate of drug-likeness (QED) is 0.344. The molecule has 0 aliphatic heterocycles. The highest BCUT2D eigenvalue weighted by Crippen LogP contribution is 2.32. The molecule has 0 saturated heterocycles. The van der Waals surface area contributed by atoms with Crippen molar-refractivity contribution in [3.05, 3.63) is 29.4 Å². The van der Waals surface area contributed by atoms with Gasteiger partial charge in [0.1, 0.15) is 0 Å². The first-order valence-corrected chi connectivity index (χ1v) is 11.5. The highest BCUT2D eigenvalue weighted by atomic mass is 35.5. The van der Waals surface area contributed by atoms with E-state index in [2.05, 4.69) is 14.7 Å². The molecular weight excluding hydrogens is 430 g/mol. The van der Waals surface area contributed by atoms with Crippen molar-refractivity contribution in [3.8, 4) is 0 Å². The summed E-state index contributed by atoms with van der Waals surface area (Å²) in [5.41, 5.74) is 10.9. The number of nitrogens with two attached hydrogens (primary N) is 2. The molecule has 0 spiro atoms. The SMILES string of the molecule is CCOC(=O)[C@@H]1CCCC[C@H]1NS(=O)(=O)c1ccc2c(Cl)cnc(N=C(N)N)c2c1. The van der Waals surface area contributed by atoms with Gasteiger partial charge in [0.2, 0.25) is 10.0 Å². The lowest BCUT2D eigenvalue weighted by molar-refractivity contribution is -0.149. The summed E-state index contributed by atoms with van der Waals surface area (Å²) in [7, 11) is -3.93. The first kappa shape index (κ1) is 22.3. The summed E-state index contributed by atoms with van der Waals surface area (Å²) in [6.07, 6.45) is 4.21. The van der Waals surface area contributed by atoms with E-state index in [9.17, 15) is 13.2 Å². The molecule has 0 radical (unpaired) electrons. The minimum absolute atomic E-state index is 0.000656. The maximum atomic E-state index is 13.1. The van der Waals surface area contributed by atoms with E-state index in [-0.39, 0.29) is 29.2 Å². The number of rotatable bonds is 6. The first-order valence-electron chi connectivity index (χ1n) is 9.59. The highest BCUT2D eigenvalue weighted by molar-refractivity contribution is 7.89. The summed E-state index contributed by atoms with van der Waals surface area (Å²) < 4.78 is 34.0. The highest BCUT2D eigenvalue weighted by Gasteiger charge is 2.35. The molecule has 1 aromatic heterocycles. The Morgan fingerprint density at radius 2 is 2.03 bits per heavy atom. The van der Waals surface area contributed by atoms with E-state index in [1.807, 2.05) is 0 Å². The standard InChI is InChI=1S/C19H24ClN5O4S/c1-2-29-18(26)13-5-3-4-6-16(13)25-30(27,28)11-7-8-12-14(9-11)17(24-19(21)22)23-10-15(12)20/h7-10,13,16,25H,2-6H2,1H3,(H4,21,22,23,24)/t13-,16-/m1/s1. The van der Waals surface area contributed by atoms with Crippen LogP contribution in [0.25, 0.3) is 10.8 Å². The van der Waals surface area contributed by atoms with Crippen LogP contribution in [0.2, 0.25) is 5.02 Å². The van der Waals surface area contributed by atoms with Crippen molar-refractivity contribution in [3.63, 3.8) is 0 Å². The predicted octanol–water partition coefficient (Wildman–Crippen LogP) is 2.19. The van der Waals surface area contributed by atoms with Crippen LogP contribution in [-0.2, 0) is 19.6 Å². The zero-order valence-electron chi connectivity index (χ0n) is 16.5. The monoisotopic (exact) mass is 453 g/mol. The molecule has 1 aliphatic carbocycles. The van der Waals surface area contributed by atoms with E-state index in [1.165, 1.54) is 18.3 Å². The van der Waals surface area contributed by atoms with E-state index in [4.69, 9.17) is 27.8 Å². The Kier molecular flexibility index (Phi) is 6.79. The number of sulfonamides is 1. The van der Waals surface area contributed by atoms with Crippen LogP contribution in [0.4, 0.5) is 5.82 Å². The maximum absolute atomic E-state index is 13.1. The first-order chi connectivity index (χ1) is 14.2. The molecule has 1 aromatic carbocycles. The van der Waals surface area contributed by atoms with Gasteiger partial charge in [-0.3, -0.25) is 4.79 Å². The Hall–Kier alpha value is -2.43. The molecule has 2 aromatic rings. The summed E-state index contributed by atoms with van der Waals surface area (Å²) in [4.78, 5) is 20.3. The minimum atomic E-state index is -3.93. The number of hydrogen-bond acceptors (Lipinski definition) is 6. The number of hydrogen-bond donors (Lipinski definition) is 3. The largest absolute Gasteiger partial charge is 0.466 e. The van der Waals surface area contributed by atoms with Gasteiger partial charge in [0.05, 0.1) is 22.4 Å². The van der Waals surface area contributed by atoms with Crippen molar-refractivity contribution < 1.29 is 17.9 Å². The normalized spacial score (nSPS) is 19.4. The number of halogens is 1. The Bertz CT molecular complexity index is 1090. The van der Waals surface area contributed by atoms with E-state index in [0.717, 1.165) is 12.8 Å². The number of carbonyl (C=O) groups excluding carboxylic acids is 1. The van der Waals surface area contributed by atoms with Gasteiger partial charge in [-0.15, -0.1) is 0 Å². The number of esters is 1. The van der Waals surface area contributed by atoms with E-state index in [1.54, 1.807) is 13.0 Å². The molecule has 0 amide bonds. The molecule has 11 heteroatoms. The van der Waals surface area contributed by atoms with Crippen LogP contribution in [0, 0.1) is 5.92 Å².